The minimum absolute atomic E-state index is 1.19. The highest BCUT2D eigenvalue weighted by molar-refractivity contribution is 7.17. The quantitative estimate of drug-likeness (QED) is 0.550. The second-order valence-electron chi connectivity index (χ2n) is 1.61. The molecular weight excluding hydrogens is 118 g/mol. The average Bonchev–Trinajstić information content (AvgIpc) is 2.15. The van der Waals surface area contributed by atoms with Crippen LogP contribution in [0.15, 0.2) is 17.6 Å². The molecule has 0 unspecified atom stereocenters. The Balaban J connectivity index is 3.06. The van der Waals surface area contributed by atoms with Crippen LogP contribution >= 0.6 is 11.3 Å². The normalized spacial score (nSPS) is 10.5. The van der Waals surface area contributed by atoms with Gasteiger partial charge in [0.2, 0.25) is 0 Å². The van der Waals surface area contributed by atoms with Gasteiger partial charge in [-0.3, -0.25) is 0 Å². The summed E-state index contributed by atoms with van der Waals surface area (Å²) in [5, 5.41) is 3.25. The summed E-state index contributed by atoms with van der Waals surface area (Å²) in [4.78, 5) is 2.90. The molecule has 0 saturated heterocycles. The van der Waals surface area contributed by atoms with E-state index in [1.807, 2.05) is 6.20 Å². The molecule has 39 valence electrons. The van der Waals surface area contributed by atoms with Crippen LogP contribution < -0.4 is 0 Å². The summed E-state index contributed by atoms with van der Waals surface area (Å²) >= 11 is 1.73. The Morgan fingerprint density at radius 3 is 3.50 bits per heavy atom. The highest BCUT2D eigenvalue weighted by atomic mass is 32.1. The van der Waals surface area contributed by atoms with E-state index in [-0.39, 0.29) is 0 Å². The number of thiophene rings is 1. The number of rotatable bonds is 0. The van der Waals surface area contributed by atoms with Crippen LogP contribution in [0.4, 0.5) is 0 Å². The van der Waals surface area contributed by atoms with Gasteiger partial charge in [-0.15, -0.1) is 11.3 Å². The van der Waals surface area contributed by atoms with E-state index >= 15 is 0 Å². The number of H-pyrrole nitrogens is 1. The lowest BCUT2D eigenvalue weighted by Crippen LogP contribution is -1.45. The van der Waals surface area contributed by atoms with E-state index in [4.69, 9.17) is 0 Å². The zero-order valence-electron chi connectivity index (χ0n) is 4.14. The van der Waals surface area contributed by atoms with Crippen molar-refractivity contribution in [1.82, 2.24) is 4.98 Å². The Morgan fingerprint density at radius 2 is 2.62 bits per heavy atom. The SMILES string of the molecule is [c]1[nH]cc2sccc12. The maximum Gasteiger partial charge on any atom is 0.0714 e. The Morgan fingerprint density at radius 1 is 1.62 bits per heavy atom. The standard InChI is InChI=1S/C6H4NS/c1-2-8-6-4-7-3-5(1)6/h1-2,4,7H. The summed E-state index contributed by atoms with van der Waals surface area (Å²) < 4.78 is 1.28. The van der Waals surface area contributed by atoms with E-state index < -0.39 is 0 Å². The number of hydrogen-bond donors (Lipinski definition) is 1. The Labute approximate surface area is 51.0 Å². The Hall–Kier alpha value is -0.760. The molecule has 2 rings (SSSR count). The maximum absolute atomic E-state index is 2.98. The van der Waals surface area contributed by atoms with Crippen molar-refractivity contribution < 1.29 is 0 Å². The van der Waals surface area contributed by atoms with Gasteiger partial charge < -0.3 is 4.98 Å². The predicted octanol–water partition coefficient (Wildman–Crippen LogP) is 2.03. The summed E-state index contributed by atoms with van der Waals surface area (Å²) in [5.41, 5.74) is 0. The van der Waals surface area contributed by atoms with Gasteiger partial charge in [0.25, 0.3) is 0 Å². The van der Waals surface area contributed by atoms with Crippen molar-refractivity contribution in [3.05, 3.63) is 23.8 Å². The van der Waals surface area contributed by atoms with Crippen LogP contribution in [0.2, 0.25) is 0 Å². The van der Waals surface area contributed by atoms with E-state index in [2.05, 4.69) is 22.6 Å². The first-order chi connectivity index (χ1) is 3.97. The van der Waals surface area contributed by atoms with Gasteiger partial charge in [-0.1, -0.05) is 0 Å². The van der Waals surface area contributed by atoms with Gasteiger partial charge in [-0.2, -0.15) is 0 Å². The van der Waals surface area contributed by atoms with Gasteiger partial charge in [0.1, 0.15) is 0 Å². The molecule has 8 heavy (non-hydrogen) atoms. The fourth-order valence-electron chi connectivity index (χ4n) is 0.715. The highest BCUT2D eigenvalue weighted by Crippen LogP contribution is 2.17. The lowest BCUT2D eigenvalue weighted by atomic mass is 10.4. The second kappa shape index (κ2) is 1.36. The molecule has 1 nitrogen and oxygen atoms in total. The van der Waals surface area contributed by atoms with Crippen LogP contribution in [0, 0.1) is 6.20 Å². The van der Waals surface area contributed by atoms with Gasteiger partial charge in [0, 0.05) is 11.6 Å². The number of fused-ring (bicyclic) bond motifs is 1. The molecule has 0 spiro atoms. The highest BCUT2D eigenvalue weighted by Gasteiger charge is 1.90. The topological polar surface area (TPSA) is 15.8 Å². The van der Waals surface area contributed by atoms with Gasteiger partial charge in [0.05, 0.1) is 10.9 Å². The molecule has 0 atom stereocenters. The number of aromatic nitrogens is 1. The van der Waals surface area contributed by atoms with Crippen molar-refractivity contribution in [2.45, 2.75) is 0 Å². The fraction of sp³-hybridized carbons (Fsp3) is 0. The average molecular weight is 122 g/mol. The summed E-state index contributed by atoms with van der Waals surface area (Å²) in [7, 11) is 0. The fourth-order valence-corrected chi connectivity index (χ4v) is 1.44. The number of aromatic amines is 1. The van der Waals surface area contributed by atoms with Gasteiger partial charge >= 0.3 is 0 Å². The van der Waals surface area contributed by atoms with Gasteiger partial charge in [-0.05, 0) is 11.4 Å². The summed E-state index contributed by atoms with van der Waals surface area (Å²) in [6.45, 7) is 0. The van der Waals surface area contributed by atoms with Crippen LogP contribution in [0.1, 0.15) is 0 Å². The number of hydrogen-bond acceptors (Lipinski definition) is 1. The molecular formula is C6H4NS. The van der Waals surface area contributed by atoms with Gasteiger partial charge in [0.15, 0.2) is 0 Å². The molecule has 2 aromatic rings. The lowest BCUT2D eigenvalue weighted by molar-refractivity contribution is 1.41. The first-order valence-electron chi connectivity index (χ1n) is 2.39. The molecule has 2 aromatic heterocycles. The van der Waals surface area contributed by atoms with Crippen LogP contribution in [0.25, 0.3) is 10.1 Å². The summed E-state index contributed by atoms with van der Waals surface area (Å²) in [6.07, 6.45) is 4.94. The van der Waals surface area contributed by atoms with E-state index in [9.17, 15) is 0 Å². The molecule has 2 heterocycles. The van der Waals surface area contributed by atoms with Crippen LogP contribution in [0.5, 0.6) is 0 Å². The summed E-state index contributed by atoms with van der Waals surface area (Å²) in [5.74, 6) is 0. The third-order valence-corrected chi connectivity index (χ3v) is 1.97. The van der Waals surface area contributed by atoms with E-state index in [0.717, 1.165) is 0 Å². The van der Waals surface area contributed by atoms with E-state index in [1.165, 1.54) is 10.1 Å². The number of nitrogens with one attached hydrogen (secondary N) is 1. The molecule has 0 aromatic carbocycles. The third-order valence-electron chi connectivity index (χ3n) is 1.11. The molecule has 0 aliphatic carbocycles. The van der Waals surface area contributed by atoms with Crippen LogP contribution in [-0.4, -0.2) is 4.98 Å². The minimum atomic E-state index is 1.19. The smallest absolute Gasteiger partial charge is 0.0714 e. The van der Waals surface area contributed by atoms with Crippen LogP contribution in [0.3, 0.4) is 0 Å². The molecule has 0 fully saturated rings. The van der Waals surface area contributed by atoms with Gasteiger partial charge in [-0.25, -0.2) is 0 Å². The lowest BCUT2D eigenvalue weighted by Gasteiger charge is -1.62. The first kappa shape index (κ1) is 4.15. The van der Waals surface area contributed by atoms with Crippen molar-refractivity contribution in [3.8, 4) is 0 Å². The molecule has 1 N–H and O–H groups in total. The third kappa shape index (κ3) is 0.406. The molecule has 0 aliphatic heterocycles. The molecule has 0 bridgehead atoms. The molecule has 2 heteroatoms. The predicted molar refractivity (Wildman–Crippen MR) is 35.0 cm³/mol. The zero-order chi connectivity index (χ0) is 5.40. The van der Waals surface area contributed by atoms with E-state index in [1.54, 1.807) is 11.3 Å². The summed E-state index contributed by atoms with van der Waals surface area (Å²) in [6, 6.07) is 2.05. The van der Waals surface area contributed by atoms with Crippen LogP contribution in [-0.2, 0) is 0 Å². The molecule has 0 aliphatic rings. The maximum atomic E-state index is 2.98. The van der Waals surface area contributed by atoms with E-state index in [0.29, 0.717) is 0 Å². The van der Waals surface area contributed by atoms with Crippen molar-refractivity contribution >= 4 is 21.4 Å². The van der Waals surface area contributed by atoms with Crippen molar-refractivity contribution in [3.63, 3.8) is 0 Å². The van der Waals surface area contributed by atoms with Crippen molar-refractivity contribution in [2.24, 2.45) is 0 Å². The monoisotopic (exact) mass is 122 g/mol. The minimum Gasteiger partial charge on any atom is -0.358 e. The molecule has 1 radical (unpaired) electrons. The molecule has 0 saturated carbocycles. The second-order valence-corrected chi connectivity index (χ2v) is 2.56. The Bertz CT molecular complexity index is 230. The zero-order valence-corrected chi connectivity index (χ0v) is 4.96. The molecule has 0 amide bonds. The Kier molecular flexibility index (Phi) is 0.704. The van der Waals surface area contributed by atoms with Crippen molar-refractivity contribution in [2.75, 3.05) is 0 Å². The first-order valence-corrected chi connectivity index (χ1v) is 3.27. The van der Waals surface area contributed by atoms with Crippen molar-refractivity contribution in [1.29, 1.82) is 0 Å². The largest absolute Gasteiger partial charge is 0.358 e.